The van der Waals surface area contributed by atoms with Crippen molar-refractivity contribution in [2.45, 2.75) is 0 Å². The van der Waals surface area contributed by atoms with Crippen molar-refractivity contribution in [1.29, 1.82) is 0 Å². The summed E-state index contributed by atoms with van der Waals surface area (Å²) in [7, 11) is 0. The minimum atomic E-state index is 1.04. The van der Waals surface area contributed by atoms with E-state index in [0.717, 1.165) is 16.0 Å². The summed E-state index contributed by atoms with van der Waals surface area (Å²) in [4.78, 5) is 10.5. The highest BCUT2D eigenvalue weighted by molar-refractivity contribution is 7.32. The Morgan fingerprint density at radius 2 is 1.74 bits per heavy atom. The van der Waals surface area contributed by atoms with E-state index in [-0.39, 0.29) is 0 Å². The third-order valence-electron chi connectivity index (χ3n) is 4.67. The smallest absolute Gasteiger partial charge is 0.134 e. The Bertz CT molecular complexity index is 1410. The van der Waals surface area contributed by atoms with Crippen molar-refractivity contribution in [2.24, 2.45) is 0 Å². The Balaban J connectivity index is 1.50. The highest BCUT2D eigenvalue weighted by atomic mass is 32.1. The van der Waals surface area contributed by atoms with Gasteiger partial charge in [-0.15, -0.1) is 34.0 Å². The molecule has 0 saturated carbocycles. The number of para-hydroxylation sites is 1. The molecule has 0 aliphatic heterocycles. The maximum atomic E-state index is 4.83. The zero-order chi connectivity index (χ0) is 17.8. The van der Waals surface area contributed by atoms with Crippen LogP contribution in [0.4, 0.5) is 0 Å². The summed E-state index contributed by atoms with van der Waals surface area (Å²) in [6.45, 7) is 0. The molecule has 0 aliphatic carbocycles. The number of hydrogen-bond acceptors (Lipinski definition) is 5. The maximum Gasteiger partial charge on any atom is 0.134 e. The van der Waals surface area contributed by atoms with Gasteiger partial charge in [0.1, 0.15) is 5.01 Å². The van der Waals surface area contributed by atoms with E-state index in [1.165, 1.54) is 35.5 Å². The van der Waals surface area contributed by atoms with Crippen molar-refractivity contribution in [3.05, 3.63) is 72.2 Å². The van der Waals surface area contributed by atoms with Crippen molar-refractivity contribution in [2.75, 3.05) is 0 Å². The minimum absolute atomic E-state index is 1.04. The van der Waals surface area contributed by atoms with Gasteiger partial charge in [-0.1, -0.05) is 24.3 Å². The average molecular weight is 401 g/mol. The molecule has 0 bridgehead atoms. The molecular formula is C22H12N2S3. The molecule has 0 amide bonds. The van der Waals surface area contributed by atoms with Crippen molar-refractivity contribution >= 4 is 64.5 Å². The molecule has 2 nitrogen and oxygen atoms in total. The van der Waals surface area contributed by atoms with Gasteiger partial charge in [0.2, 0.25) is 0 Å². The first-order valence-corrected chi connectivity index (χ1v) is 11.1. The summed E-state index contributed by atoms with van der Waals surface area (Å²) >= 11 is 5.42. The lowest BCUT2D eigenvalue weighted by molar-refractivity contribution is 1.41. The molecule has 4 aromatic heterocycles. The minimum Gasteiger partial charge on any atom is -0.256 e. The fraction of sp³-hybridized carbons (Fsp3) is 0. The molecule has 0 atom stereocenters. The largest absolute Gasteiger partial charge is 0.256 e. The van der Waals surface area contributed by atoms with Crippen molar-refractivity contribution in [1.82, 2.24) is 9.97 Å². The normalized spacial score (nSPS) is 11.7. The summed E-state index contributed by atoms with van der Waals surface area (Å²) in [6.07, 6.45) is 1.84. The first kappa shape index (κ1) is 15.5. The van der Waals surface area contributed by atoms with Crippen LogP contribution in [0.2, 0.25) is 0 Å². The molecule has 0 saturated heterocycles. The predicted octanol–water partition coefficient (Wildman–Crippen LogP) is 7.45. The quantitative estimate of drug-likeness (QED) is 0.301. The highest BCUT2D eigenvalue weighted by Gasteiger charge is 2.14. The molecule has 0 spiro atoms. The summed E-state index contributed by atoms with van der Waals surface area (Å²) in [5.41, 5.74) is 4.67. The van der Waals surface area contributed by atoms with Gasteiger partial charge in [-0.3, -0.25) is 4.98 Å². The van der Waals surface area contributed by atoms with Crippen LogP contribution in [-0.4, -0.2) is 9.97 Å². The van der Waals surface area contributed by atoms with E-state index in [9.17, 15) is 0 Å². The molecule has 6 rings (SSSR count). The van der Waals surface area contributed by atoms with Crippen LogP contribution in [0.1, 0.15) is 0 Å². The van der Waals surface area contributed by atoms with Gasteiger partial charge in [-0.2, -0.15) is 0 Å². The number of fused-ring (bicyclic) bond motifs is 3. The van der Waals surface area contributed by atoms with Crippen LogP contribution in [0.5, 0.6) is 0 Å². The average Bonchev–Trinajstić information content (AvgIpc) is 3.40. The van der Waals surface area contributed by atoms with E-state index < -0.39 is 0 Å². The summed E-state index contributed by atoms with van der Waals surface area (Å²) in [5.74, 6) is 0. The van der Waals surface area contributed by atoms with Crippen LogP contribution >= 0.6 is 34.0 Å². The fourth-order valence-electron chi connectivity index (χ4n) is 3.35. The van der Waals surface area contributed by atoms with Gasteiger partial charge in [0.05, 0.1) is 25.3 Å². The van der Waals surface area contributed by atoms with Crippen LogP contribution in [0.25, 0.3) is 51.5 Å². The Labute approximate surface area is 167 Å². The molecule has 0 radical (unpaired) electrons. The number of thiazole rings is 1. The SMILES string of the molecule is c1cnc2ccc(-c3csc4cc(-c5nc6ccccc6s5)sc34)cc2c1. The Morgan fingerprint density at radius 3 is 2.70 bits per heavy atom. The van der Waals surface area contributed by atoms with Gasteiger partial charge >= 0.3 is 0 Å². The first-order valence-electron chi connectivity index (χ1n) is 8.57. The fourth-order valence-corrected chi connectivity index (χ4v) is 6.77. The Morgan fingerprint density at radius 1 is 0.778 bits per heavy atom. The third-order valence-corrected chi connectivity index (χ3v) is 8.10. The van der Waals surface area contributed by atoms with Crippen molar-refractivity contribution in [3.8, 4) is 21.0 Å². The highest BCUT2D eigenvalue weighted by Crippen LogP contribution is 2.44. The van der Waals surface area contributed by atoms with Crippen LogP contribution in [0.3, 0.4) is 0 Å². The van der Waals surface area contributed by atoms with Gasteiger partial charge in [0, 0.05) is 27.2 Å². The van der Waals surface area contributed by atoms with Crippen LogP contribution in [-0.2, 0) is 0 Å². The molecule has 128 valence electrons. The molecular weight excluding hydrogens is 388 g/mol. The predicted molar refractivity (Wildman–Crippen MR) is 119 cm³/mol. The van der Waals surface area contributed by atoms with E-state index >= 15 is 0 Å². The Kier molecular flexibility index (Phi) is 3.41. The molecule has 5 heteroatoms. The number of hydrogen-bond donors (Lipinski definition) is 0. The second kappa shape index (κ2) is 5.96. The second-order valence-electron chi connectivity index (χ2n) is 6.35. The number of benzene rings is 2. The standard InChI is InChI=1S/C22H12N2S3/c1-2-6-18-17(5-1)24-22(27-18)20-11-19-21(26-20)15(12-25-19)13-7-8-16-14(10-13)4-3-9-23-16/h1-12H. The number of pyridine rings is 1. The van der Waals surface area contributed by atoms with Crippen LogP contribution in [0.15, 0.2) is 72.2 Å². The van der Waals surface area contributed by atoms with E-state index in [1.807, 2.05) is 41.0 Å². The summed E-state index contributed by atoms with van der Waals surface area (Å²) < 4.78 is 3.92. The number of nitrogens with zero attached hydrogens (tertiary/aromatic N) is 2. The molecule has 27 heavy (non-hydrogen) atoms. The van der Waals surface area contributed by atoms with E-state index in [1.54, 1.807) is 11.3 Å². The number of aromatic nitrogens is 2. The Hall–Kier alpha value is -2.60. The lowest BCUT2D eigenvalue weighted by Gasteiger charge is -2.01. The lowest BCUT2D eigenvalue weighted by atomic mass is 10.1. The molecule has 0 unspecified atom stereocenters. The van der Waals surface area contributed by atoms with Gasteiger partial charge in [0.25, 0.3) is 0 Å². The van der Waals surface area contributed by atoms with E-state index in [2.05, 4.69) is 58.9 Å². The molecule has 0 N–H and O–H groups in total. The zero-order valence-electron chi connectivity index (χ0n) is 14.0. The van der Waals surface area contributed by atoms with Crippen molar-refractivity contribution < 1.29 is 0 Å². The first-order chi connectivity index (χ1) is 13.3. The molecule has 6 aromatic rings. The van der Waals surface area contributed by atoms with Gasteiger partial charge in [0.15, 0.2) is 0 Å². The molecule has 0 aliphatic rings. The summed E-state index contributed by atoms with van der Waals surface area (Å²) in [5, 5.41) is 4.55. The lowest BCUT2D eigenvalue weighted by Crippen LogP contribution is -1.79. The topological polar surface area (TPSA) is 25.8 Å². The van der Waals surface area contributed by atoms with Crippen LogP contribution < -0.4 is 0 Å². The van der Waals surface area contributed by atoms with Gasteiger partial charge in [-0.05, 0) is 42.0 Å². The molecule has 0 fully saturated rings. The zero-order valence-corrected chi connectivity index (χ0v) is 16.5. The van der Waals surface area contributed by atoms with Gasteiger partial charge in [-0.25, -0.2) is 4.98 Å². The monoisotopic (exact) mass is 400 g/mol. The van der Waals surface area contributed by atoms with Crippen molar-refractivity contribution in [3.63, 3.8) is 0 Å². The maximum absolute atomic E-state index is 4.83. The van der Waals surface area contributed by atoms with E-state index in [0.29, 0.717) is 0 Å². The third kappa shape index (κ3) is 2.51. The van der Waals surface area contributed by atoms with E-state index in [4.69, 9.17) is 4.98 Å². The summed E-state index contributed by atoms with van der Waals surface area (Å²) in [6, 6.07) is 21.3. The molecule has 4 heterocycles. The number of rotatable bonds is 2. The number of thiophene rings is 2. The van der Waals surface area contributed by atoms with Gasteiger partial charge < -0.3 is 0 Å². The van der Waals surface area contributed by atoms with Crippen LogP contribution in [0, 0.1) is 0 Å². The molecule has 2 aromatic carbocycles. The second-order valence-corrected chi connectivity index (χ2v) is 9.35.